The van der Waals surface area contributed by atoms with Crippen molar-refractivity contribution < 1.29 is 14.1 Å². The third-order valence-corrected chi connectivity index (χ3v) is 4.31. The zero-order valence-electron chi connectivity index (χ0n) is 14.9. The number of nitro benzene ring substituents is 1. The van der Waals surface area contributed by atoms with Crippen LogP contribution in [0.3, 0.4) is 0 Å². The lowest BCUT2D eigenvalue weighted by molar-refractivity contribution is -0.384. The van der Waals surface area contributed by atoms with E-state index in [0.717, 1.165) is 11.4 Å². The normalized spacial score (nSPS) is 10.6. The monoisotopic (exact) mass is 367 g/mol. The van der Waals surface area contributed by atoms with Gasteiger partial charge in [0.05, 0.1) is 11.5 Å². The second-order valence-corrected chi connectivity index (χ2v) is 6.19. The lowest BCUT2D eigenvalue weighted by atomic mass is 10.1. The number of nitro groups is 1. The Labute approximate surface area is 155 Å². The van der Waals surface area contributed by atoms with Crippen LogP contribution in [0.25, 0.3) is 0 Å². The van der Waals surface area contributed by atoms with Gasteiger partial charge < -0.3 is 0 Å². The number of hydrogen-bond donors (Lipinski definition) is 0. The Morgan fingerprint density at radius 3 is 2.19 bits per heavy atom. The number of nitrogens with zero attached hydrogens (tertiary/aromatic N) is 3. The summed E-state index contributed by atoms with van der Waals surface area (Å²) in [6.45, 7) is 3.73. The Morgan fingerprint density at radius 2 is 1.63 bits per heavy atom. The number of aryl methyl sites for hydroxylation is 2. The summed E-state index contributed by atoms with van der Waals surface area (Å²) in [5.41, 5.74) is 2.20. The lowest BCUT2D eigenvalue weighted by Crippen LogP contribution is -2.41. The van der Waals surface area contributed by atoms with Gasteiger partial charge in [-0.3, -0.25) is 19.6 Å². The number of rotatable bonds is 5. The molecule has 0 aliphatic rings. The highest BCUT2D eigenvalue weighted by molar-refractivity contribution is 6.01. The van der Waals surface area contributed by atoms with Crippen molar-refractivity contribution in [3.8, 4) is 0 Å². The fraction of sp³-hybridized carbons (Fsp3) is 0.150. The molecule has 0 spiro atoms. The van der Waals surface area contributed by atoms with Crippen molar-refractivity contribution in [1.82, 2.24) is 4.68 Å². The maximum absolute atomic E-state index is 14.2. The van der Waals surface area contributed by atoms with Crippen LogP contribution in [0.4, 0.5) is 10.1 Å². The fourth-order valence-electron chi connectivity index (χ4n) is 2.94. The van der Waals surface area contributed by atoms with E-state index in [2.05, 4.69) is 0 Å². The second-order valence-electron chi connectivity index (χ2n) is 6.19. The van der Waals surface area contributed by atoms with E-state index in [1.54, 1.807) is 22.9 Å². The smallest absolute Gasteiger partial charge is 0.267 e. The van der Waals surface area contributed by atoms with E-state index in [-0.39, 0.29) is 23.7 Å². The van der Waals surface area contributed by atoms with Gasteiger partial charge >= 0.3 is 0 Å². The topological polar surface area (TPSA) is 68.4 Å². The number of aromatic nitrogens is 1. The molecular formula is C20H18FN3O3. The molecule has 1 heterocycles. The van der Waals surface area contributed by atoms with Gasteiger partial charge in [0.15, 0.2) is 0 Å². The van der Waals surface area contributed by atoms with Crippen molar-refractivity contribution in [2.75, 3.05) is 5.01 Å². The van der Waals surface area contributed by atoms with Crippen molar-refractivity contribution >= 4 is 11.6 Å². The van der Waals surface area contributed by atoms with Crippen molar-refractivity contribution in [2.24, 2.45) is 0 Å². The fourth-order valence-corrected chi connectivity index (χ4v) is 2.94. The molecule has 0 bridgehead atoms. The summed E-state index contributed by atoms with van der Waals surface area (Å²) >= 11 is 0. The van der Waals surface area contributed by atoms with Gasteiger partial charge in [-0.1, -0.05) is 18.2 Å². The van der Waals surface area contributed by atoms with E-state index in [0.29, 0.717) is 5.56 Å². The molecule has 0 saturated carbocycles. The Hall–Kier alpha value is -3.48. The summed E-state index contributed by atoms with van der Waals surface area (Å²) in [4.78, 5) is 23.5. The molecule has 0 unspecified atom stereocenters. The molecule has 0 radical (unpaired) electrons. The highest BCUT2D eigenvalue weighted by Crippen LogP contribution is 2.18. The van der Waals surface area contributed by atoms with Gasteiger partial charge in [-0.05, 0) is 44.2 Å². The molecule has 6 nitrogen and oxygen atoms in total. The predicted octanol–water partition coefficient (Wildman–Crippen LogP) is 4.13. The molecule has 0 N–H and O–H groups in total. The van der Waals surface area contributed by atoms with E-state index >= 15 is 0 Å². The van der Waals surface area contributed by atoms with Crippen molar-refractivity contribution in [1.29, 1.82) is 0 Å². The molecule has 0 atom stereocenters. The number of benzene rings is 2. The largest absolute Gasteiger partial charge is 0.273 e. The summed E-state index contributed by atoms with van der Waals surface area (Å²) in [5, 5.41) is 12.3. The predicted molar refractivity (Wildman–Crippen MR) is 99.7 cm³/mol. The number of non-ortho nitro benzene ring substituents is 1. The first-order valence-corrected chi connectivity index (χ1v) is 8.33. The first-order chi connectivity index (χ1) is 12.9. The zero-order chi connectivity index (χ0) is 19.6. The molecule has 7 heteroatoms. The standard InChI is InChI=1S/C20H18FN3O3/c1-14-7-8-15(2)23(14)22(13-17-5-3-4-6-19(17)21)20(25)16-9-11-18(12-10-16)24(26)27/h3-12H,13H2,1-2H3. The summed E-state index contributed by atoms with van der Waals surface area (Å²) in [6.07, 6.45) is 0. The molecule has 0 aliphatic carbocycles. The minimum Gasteiger partial charge on any atom is -0.267 e. The van der Waals surface area contributed by atoms with Crippen LogP contribution >= 0.6 is 0 Å². The van der Waals surface area contributed by atoms with Crippen LogP contribution in [0.5, 0.6) is 0 Å². The van der Waals surface area contributed by atoms with Crippen molar-refractivity contribution in [3.63, 3.8) is 0 Å². The van der Waals surface area contributed by atoms with Crippen LogP contribution in [0.1, 0.15) is 27.3 Å². The molecule has 3 aromatic rings. The molecule has 1 aromatic heterocycles. The van der Waals surface area contributed by atoms with Crippen LogP contribution in [0.2, 0.25) is 0 Å². The van der Waals surface area contributed by atoms with Crippen LogP contribution in [-0.2, 0) is 6.54 Å². The van der Waals surface area contributed by atoms with E-state index in [9.17, 15) is 19.3 Å². The van der Waals surface area contributed by atoms with Gasteiger partial charge in [-0.15, -0.1) is 0 Å². The van der Waals surface area contributed by atoms with Crippen LogP contribution in [-0.4, -0.2) is 15.5 Å². The maximum atomic E-state index is 14.2. The minimum atomic E-state index is -0.522. The Kier molecular flexibility index (Phi) is 5.03. The maximum Gasteiger partial charge on any atom is 0.273 e. The first kappa shape index (κ1) is 18.3. The number of carbonyl (C=O) groups excluding carboxylic acids is 1. The Bertz CT molecular complexity index is 976. The molecule has 138 valence electrons. The molecule has 2 aromatic carbocycles. The van der Waals surface area contributed by atoms with E-state index in [4.69, 9.17) is 0 Å². The van der Waals surface area contributed by atoms with Crippen molar-refractivity contribution in [3.05, 3.63) is 99.1 Å². The quantitative estimate of drug-likeness (QED) is 0.503. The van der Waals surface area contributed by atoms with Crippen LogP contribution in [0.15, 0.2) is 60.7 Å². The average molecular weight is 367 g/mol. The Morgan fingerprint density at radius 1 is 1.04 bits per heavy atom. The van der Waals surface area contributed by atoms with Gasteiger partial charge in [0.1, 0.15) is 5.82 Å². The van der Waals surface area contributed by atoms with E-state index < -0.39 is 10.7 Å². The first-order valence-electron chi connectivity index (χ1n) is 8.33. The van der Waals surface area contributed by atoms with Gasteiger partial charge in [0.2, 0.25) is 0 Å². The summed E-state index contributed by atoms with van der Waals surface area (Å²) in [6, 6.07) is 15.4. The molecule has 0 aliphatic heterocycles. The SMILES string of the molecule is Cc1ccc(C)n1N(Cc1ccccc1F)C(=O)c1ccc([N+](=O)[O-])cc1. The summed E-state index contributed by atoms with van der Waals surface area (Å²) in [5.74, 6) is -0.781. The van der Waals surface area contributed by atoms with Crippen LogP contribution in [0, 0.1) is 29.8 Å². The van der Waals surface area contributed by atoms with Gasteiger partial charge in [-0.2, -0.15) is 0 Å². The van der Waals surface area contributed by atoms with Crippen LogP contribution < -0.4 is 5.01 Å². The average Bonchev–Trinajstić information content (AvgIpc) is 2.99. The number of amides is 1. The van der Waals surface area contributed by atoms with Crippen molar-refractivity contribution in [2.45, 2.75) is 20.4 Å². The van der Waals surface area contributed by atoms with E-state index in [1.165, 1.54) is 35.3 Å². The molecule has 0 saturated heterocycles. The number of carbonyl (C=O) groups is 1. The minimum absolute atomic E-state index is 0.0266. The lowest BCUT2D eigenvalue weighted by Gasteiger charge is -2.27. The number of hydrogen-bond acceptors (Lipinski definition) is 3. The third-order valence-electron chi connectivity index (χ3n) is 4.31. The summed E-state index contributed by atoms with van der Waals surface area (Å²) in [7, 11) is 0. The van der Waals surface area contributed by atoms with E-state index in [1.807, 2.05) is 26.0 Å². The van der Waals surface area contributed by atoms with Gasteiger partial charge in [0, 0.05) is 34.6 Å². The second kappa shape index (κ2) is 7.41. The Balaban J connectivity index is 2.02. The molecule has 3 rings (SSSR count). The molecule has 27 heavy (non-hydrogen) atoms. The third kappa shape index (κ3) is 3.72. The molecule has 0 fully saturated rings. The molecule has 1 amide bonds. The number of halogens is 1. The highest BCUT2D eigenvalue weighted by Gasteiger charge is 2.22. The molecular weight excluding hydrogens is 349 g/mol. The zero-order valence-corrected chi connectivity index (χ0v) is 14.9. The van der Waals surface area contributed by atoms with Gasteiger partial charge in [-0.25, -0.2) is 9.40 Å². The highest BCUT2D eigenvalue weighted by atomic mass is 19.1. The summed E-state index contributed by atoms with van der Waals surface area (Å²) < 4.78 is 15.9. The van der Waals surface area contributed by atoms with Gasteiger partial charge in [0.25, 0.3) is 11.6 Å².